The number of nitrogens with zero attached hydrogens (tertiary/aromatic N) is 5. The lowest BCUT2D eigenvalue weighted by molar-refractivity contribution is 0.122. The standard InChI is InChI=1S/C28H31BrN10O3S/c1-31-15-17(14-30)18-12-22(24(41-2)13-23(18)39-8-10-42-11-9-39)36-28-34-16-19(29)27(37-28)35-21-5-4-20-25(33-7-6-32-20)26(21)38-43(3)40/h4-7,12-16,30-31,38H,8-11H2,1-3H3,(H2,34,35,36,37)/b17-15+,30-14?. The first-order chi connectivity index (χ1) is 20.9. The Morgan fingerprint density at radius 3 is 2.65 bits per heavy atom. The van der Waals surface area contributed by atoms with Crippen LogP contribution in [-0.4, -0.2) is 77.4 Å². The van der Waals surface area contributed by atoms with Gasteiger partial charge >= 0.3 is 0 Å². The lowest BCUT2D eigenvalue weighted by atomic mass is 10.0. The molecule has 1 aliphatic rings. The van der Waals surface area contributed by atoms with Crippen molar-refractivity contribution in [3.63, 3.8) is 0 Å². The molecule has 2 aromatic heterocycles. The van der Waals surface area contributed by atoms with Crippen molar-refractivity contribution < 1.29 is 14.0 Å². The number of morpholine rings is 1. The zero-order chi connectivity index (χ0) is 30.3. The van der Waals surface area contributed by atoms with Gasteiger partial charge in [0, 0.05) is 74.0 Å². The van der Waals surface area contributed by atoms with Crippen LogP contribution in [0.1, 0.15) is 5.56 Å². The van der Waals surface area contributed by atoms with E-state index in [2.05, 4.69) is 56.5 Å². The van der Waals surface area contributed by atoms with E-state index in [1.165, 1.54) is 6.21 Å². The molecular weight excluding hydrogens is 636 g/mol. The number of rotatable bonds is 11. The molecule has 5 N–H and O–H groups in total. The normalized spacial score (nSPS) is 14.3. The summed E-state index contributed by atoms with van der Waals surface area (Å²) in [5.41, 5.74) is 5.46. The van der Waals surface area contributed by atoms with Crippen LogP contribution in [-0.2, 0) is 16.1 Å². The Labute approximate surface area is 260 Å². The number of methoxy groups -OCH3 is 1. The zero-order valence-electron chi connectivity index (χ0n) is 23.8. The van der Waals surface area contributed by atoms with E-state index in [0.29, 0.717) is 68.9 Å². The molecule has 1 saturated heterocycles. The third-order valence-corrected chi connectivity index (χ3v) is 7.64. The summed E-state index contributed by atoms with van der Waals surface area (Å²) < 4.78 is 27.1. The molecule has 13 nitrogen and oxygen atoms in total. The van der Waals surface area contributed by atoms with E-state index in [1.54, 1.807) is 45.2 Å². The molecule has 4 aromatic rings. The molecule has 15 heteroatoms. The molecule has 224 valence electrons. The van der Waals surface area contributed by atoms with Crippen molar-refractivity contribution in [2.45, 2.75) is 0 Å². The van der Waals surface area contributed by atoms with Crippen LogP contribution < -0.4 is 30.3 Å². The number of anilines is 6. The van der Waals surface area contributed by atoms with Crippen LogP contribution in [0.2, 0.25) is 0 Å². The summed E-state index contributed by atoms with van der Waals surface area (Å²) >= 11 is 2.18. The number of benzene rings is 2. The van der Waals surface area contributed by atoms with Gasteiger partial charge < -0.3 is 40.3 Å². The summed E-state index contributed by atoms with van der Waals surface area (Å²) in [7, 11) is 3.40. The smallest absolute Gasteiger partial charge is 0.229 e. The highest BCUT2D eigenvalue weighted by molar-refractivity contribution is 9.10. The van der Waals surface area contributed by atoms with Crippen LogP contribution in [0.15, 0.2) is 53.5 Å². The molecule has 0 radical (unpaired) electrons. The lowest BCUT2D eigenvalue weighted by Gasteiger charge is -2.31. The van der Waals surface area contributed by atoms with Gasteiger partial charge in [0.05, 0.1) is 53.0 Å². The molecule has 2 aromatic carbocycles. The molecule has 1 aliphatic heterocycles. The number of aromatic nitrogens is 4. The maximum absolute atomic E-state index is 12.1. The van der Waals surface area contributed by atoms with E-state index in [0.717, 1.165) is 24.3 Å². The Kier molecular flexibility index (Phi) is 9.76. The second-order valence-electron chi connectivity index (χ2n) is 9.31. The van der Waals surface area contributed by atoms with Gasteiger partial charge in [-0.25, -0.2) is 9.71 Å². The number of allylic oxidation sites excluding steroid dienone is 1. The number of hydrogen-bond donors (Lipinski definition) is 5. The summed E-state index contributed by atoms with van der Waals surface area (Å²) in [6.07, 6.45) is 9.46. The molecule has 0 saturated carbocycles. The first kappa shape index (κ1) is 30.3. The van der Waals surface area contributed by atoms with Crippen LogP contribution in [0.25, 0.3) is 16.6 Å². The van der Waals surface area contributed by atoms with Crippen LogP contribution >= 0.6 is 15.9 Å². The molecule has 1 atom stereocenters. The van der Waals surface area contributed by atoms with Gasteiger partial charge in [-0.3, -0.25) is 9.97 Å². The number of fused-ring (bicyclic) bond motifs is 1. The molecular formula is C28H31BrN10O3S. The molecule has 0 aliphatic carbocycles. The van der Waals surface area contributed by atoms with Crippen molar-refractivity contribution in [3.05, 3.63) is 59.1 Å². The SMILES string of the molecule is CN/C=C(\C=N)c1cc(Nc2ncc(Br)c(Nc3ccc4nccnc4c3N[S+](C)[O-])n2)c(OC)cc1N1CCOCC1. The molecule has 0 bridgehead atoms. The molecule has 1 unspecified atom stereocenters. The Hall–Kier alpha value is -4.18. The van der Waals surface area contributed by atoms with Gasteiger partial charge in [0.1, 0.15) is 29.0 Å². The minimum Gasteiger partial charge on any atom is -0.593 e. The largest absolute Gasteiger partial charge is 0.593 e. The predicted octanol–water partition coefficient (Wildman–Crippen LogP) is 4.43. The van der Waals surface area contributed by atoms with Crippen molar-refractivity contribution in [2.24, 2.45) is 0 Å². The van der Waals surface area contributed by atoms with Crippen molar-refractivity contribution in [1.29, 1.82) is 5.41 Å². The van der Waals surface area contributed by atoms with Gasteiger partial charge in [-0.1, -0.05) is 0 Å². The second-order valence-corrected chi connectivity index (χ2v) is 11.3. The van der Waals surface area contributed by atoms with E-state index < -0.39 is 11.4 Å². The minimum absolute atomic E-state index is 0.303. The average Bonchev–Trinajstić information content (AvgIpc) is 3.02. The number of nitrogens with one attached hydrogen (secondary N) is 5. The van der Waals surface area contributed by atoms with Crippen molar-refractivity contribution in [3.8, 4) is 5.75 Å². The zero-order valence-corrected chi connectivity index (χ0v) is 26.2. The summed E-state index contributed by atoms with van der Waals surface area (Å²) in [6, 6.07) is 7.52. The molecule has 0 amide bonds. The van der Waals surface area contributed by atoms with Crippen LogP contribution in [0.5, 0.6) is 5.75 Å². The summed E-state index contributed by atoms with van der Waals surface area (Å²) in [5.74, 6) is 1.35. The van der Waals surface area contributed by atoms with Gasteiger partial charge in [-0.15, -0.1) is 0 Å². The van der Waals surface area contributed by atoms with Crippen LogP contribution in [0.3, 0.4) is 0 Å². The maximum atomic E-state index is 12.1. The highest BCUT2D eigenvalue weighted by Crippen LogP contribution is 2.39. The number of ether oxygens (including phenoxy) is 2. The molecule has 5 rings (SSSR count). The summed E-state index contributed by atoms with van der Waals surface area (Å²) in [6.45, 7) is 2.69. The minimum atomic E-state index is -1.36. The first-order valence-electron chi connectivity index (χ1n) is 13.2. The predicted molar refractivity (Wildman–Crippen MR) is 175 cm³/mol. The van der Waals surface area contributed by atoms with E-state index in [1.807, 2.05) is 24.3 Å². The monoisotopic (exact) mass is 666 g/mol. The molecule has 43 heavy (non-hydrogen) atoms. The molecule has 3 heterocycles. The van der Waals surface area contributed by atoms with E-state index in [4.69, 9.17) is 19.9 Å². The summed E-state index contributed by atoms with van der Waals surface area (Å²) in [5, 5.41) is 17.7. The Morgan fingerprint density at radius 1 is 1.14 bits per heavy atom. The highest BCUT2D eigenvalue weighted by Gasteiger charge is 2.21. The average molecular weight is 668 g/mol. The number of hydrogen-bond acceptors (Lipinski definition) is 13. The number of halogens is 1. The lowest BCUT2D eigenvalue weighted by Crippen LogP contribution is -2.36. The third-order valence-electron chi connectivity index (χ3n) is 6.57. The van der Waals surface area contributed by atoms with Gasteiger partial charge in [-0.05, 0) is 34.1 Å². The Balaban J connectivity index is 1.52. The van der Waals surface area contributed by atoms with Crippen molar-refractivity contribution >= 4 is 84.6 Å². The fraction of sp³-hybridized carbons (Fsp3) is 0.250. The Morgan fingerprint density at radius 2 is 1.93 bits per heavy atom. The fourth-order valence-electron chi connectivity index (χ4n) is 4.64. The third kappa shape index (κ3) is 6.91. The first-order valence-corrected chi connectivity index (χ1v) is 15.6. The van der Waals surface area contributed by atoms with E-state index in [-0.39, 0.29) is 0 Å². The van der Waals surface area contributed by atoms with E-state index in [9.17, 15) is 4.55 Å². The van der Waals surface area contributed by atoms with Gasteiger partial charge in [0.25, 0.3) is 0 Å². The fourth-order valence-corrected chi connectivity index (χ4v) is 5.42. The maximum Gasteiger partial charge on any atom is 0.229 e. The molecule has 1 fully saturated rings. The highest BCUT2D eigenvalue weighted by atomic mass is 79.9. The quantitative estimate of drug-likeness (QED) is 0.113. The van der Waals surface area contributed by atoms with Gasteiger partial charge in [-0.2, -0.15) is 4.98 Å². The molecule has 0 spiro atoms. The second kappa shape index (κ2) is 13.9. The van der Waals surface area contributed by atoms with Gasteiger partial charge in [0.15, 0.2) is 0 Å². The topological polar surface area (TPSA) is 168 Å². The van der Waals surface area contributed by atoms with Crippen molar-refractivity contribution in [2.75, 3.05) is 67.0 Å². The van der Waals surface area contributed by atoms with Crippen LogP contribution in [0, 0.1) is 5.41 Å². The van der Waals surface area contributed by atoms with Crippen molar-refractivity contribution in [1.82, 2.24) is 25.3 Å². The Bertz CT molecular complexity index is 1650. The van der Waals surface area contributed by atoms with E-state index >= 15 is 0 Å². The van der Waals surface area contributed by atoms with Crippen LogP contribution in [0.4, 0.5) is 34.5 Å². The summed E-state index contributed by atoms with van der Waals surface area (Å²) in [4.78, 5) is 20.2. The van der Waals surface area contributed by atoms with Gasteiger partial charge in [0.2, 0.25) is 5.95 Å².